The zero-order valence-electron chi connectivity index (χ0n) is 11.2. The lowest BCUT2D eigenvalue weighted by atomic mass is 10.1. The number of urea groups is 1. The van der Waals surface area contributed by atoms with Crippen molar-refractivity contribution < 1.29 is 19.4 Å². The van der Waals surface area contributed by atoms with Crippen LogP contribution in [0.1, 0.15) is 32.1 Å². The predicted octanol–water partition coefficient (Wildman–Crippen LogP) is 0.964. The maximum Gasteiger partial charge on any atom is 0.315 e. The Morgan fingerprint density at radius 3 is 2.26 bits per heavy atom. The third-order valence-electron chi connectivity index (χ3n) is 3.78. The van der Waals surface area contributed by atoms with Crippen LogP contribution in [0.15, 0.2) is 0 Å². The number of nitrogens with one attached hydrogen (secondary N) is 2. The fraction of sp³-hybridized carbons (Fsp3) is 0.846. The monoisotopic (exact) mass is 270 g/mol. The zero-order chi connectivity index (χ0) is 13.8. The van der Waals surface area contributed by atoms with Gasteiger partial charge in [-0.25, -0.2) is 4.79 Å². The maximum atomic E-state index is 11.8. The highest BCUT2D eigenvalue weighted by Crippen LogP contribution is 2.44. The summed E-state index contributed by atoms with van der Waals surface area (Å²) in [5.74, 6) is 0.369. The van der Waals surface area contributed by atoms with Crippen molar-refractivity contribution in [3.05, 3.63) is 0 Å². The molecule has 2 aliphatic carbocycles. The minimum Gasteiger partial charge on any atom is -0.481 e. The van der Waals surface area contributed by atoms with Gasteiger partial charge >= 0.3 is 12.0 Å². The van der Waals surface area contributed by atoms with Gasteiger partial charge in [-0.15, -0.1) is 0 Å². The number of amides is 2. The molecule has 0 aromatic carbocycles. The molecule has 0 aliphatic heterocycles. The van der Waals surface area contributed by atoms with E-state index in [0.717, 1.165) is 0 Å². The summed E-state index contributed by atoms with van der Waals surface area (Å²) in [5, 5.41) is 14.4. The summed E-state index contributed by atoms with van der Waals surface area (Å²) in [4.78, 5) is 22.4. The normalized spacial score (nSPS) is 20.1. The Morgan fingerprint density at radius 1 is 1.26 bits per heavy atom. The molecule has 6 heteroatoms. The number of carbonyl (C=O) groups excluding carboxylic acids is 1. The standard InChI is InChI=1S/C13H22N2O4/c1-19-10(6-11(16)17)7-14-13(18)15-12(8-2-3-8)9-4-5-9/h8-10,12H,2-7H2,1H3,(H,16,17)(H2,14,15,18). The molecule has 0 bridgehead atoms. The minimum absolute atomic E-state index is 0.106. The minimum atomic E-state index is -0.928. The summed E-state index contributed by atoms with van der Waals surface area (Å²) in [5.41, 5.74) is 0. The highest BCUT2D eigenvalue weighted by molar-refractivity contribution is 5.74. The molecule has 2 rings (SSSR count). The second-order valence-electron chi connectivity index (χ2n) is 5.51. The fourth-order valence-electron chi connectivity index (χ4n) is 2.37. The lowest BCUT2D eigenvalue weighted by molar-refractivity contribution is -0.139. The van der Waals surface area contributed by atoms with Gasteiger partial charge in [0.2, 0.25) is 0 Å². The Hall–Kier alpha value is -1.30. The van der Waals surface area contributed by atoms with Crippen LogP contribution in [0, 0.1) is 11.8 Å². The Balaban J connectivity index is 1.69. The quantitative estimate of drug-likeness (QED) is 0.613. The first kappa shape index (κ1) is 14.1. The molecule has 1 unspecified atom stereocenters. The van der Waals surface area contributed by atoms with Gasteiger partial charge in [-0.2, -0.15) is 0 Å². The van der Waals surface area contributed by atoms with E-state index in [2.05, 4.69) is 10.6 Å². The van der Waals surface area contributed by atoms with E-state index in [0.29, 0.717) is 17.9 Å². The predicted molar refractivity (Wildman–Crippen MR) is 68.8 cm³/mol. The first-order chi connectivity index (χ1) is 9.10. The summed E-state index contributed by atoms with van der Waals surface area (Å²) < 4.78 is 5.01. The highest BCUT2D eigenvalue weighted by atomic mass is 16.5. The summed E-state index contributed by atoms with van der Waals surface area (Å²) in [6.45, 7) is 0.219. The van der Waals surface area contributed by atoms with E-state index < -0.39 is 12.1 Å². The Labute approximate surface area is 112 Å². The van der Waals surface area contributed by atoms with Crippen molar-refractivity contribution in [1.82, 2.24) is 10.6 Å². The van der Waals surface area contributed by atoms with Crippen LogP contribution in [0.3, 0.4) is 0 Å². The van der Waals surface area contributed by atoms with E-state index in [1.165, 1.54) is 32.8 Å². The first-order valence-corrected chi connectivity index (χ1v) is 6.89. The van der Waals surface area contributed by atoms with Crippen LogP contribution in [-0.2, 0) is 9.53 Å². The number of methoxy groups -OCH3 is 1. The van der Waals surface area contributed by atoms with Crippen molar-refractivity contribution in [2.24, 2.45) is 11.8 Å². The molecule has 0 radical (unpaired) electrons. The SMILES string of the molecule is COC(CNC(=O)NC(C1CC1)C1CC1)CC(=O)O. The van der Waals surface area contributed by atoms with Gasteiger partial charge in [0.1, 0.15) is 0 Å². The van der Waals surface area contributed by atoms with E-state index in [1.54, 1.807) is 0 Å². The van der Waals surface area contributed by atoms with Gasteiger partial charge in [-0.05, 0) is 37.5 Å². The Kier molecular flexibility index (Phi) is 4.63. The summed E-state index contributed by atoms with van der Waals surface area (Å²) >= 11 is 0. The molecule has 6 nitrogen and oxygen atoms in total. The smallest absolute Gasteiger partial charge is 0.315 e. The van der Waals surface area contributed by atoms with E-state index in [1.807, 2.05) is 0 Å². The van der Waals surface area contributed by atoms with Crippen LogP contribution >= 0.6 is 0 Å². The summed E-state index contributed by atoms with van der Waals surface area (Å²) in [6.07, 6.45) is 4.25. The molecule has 2 fully saturated rings. The molecule has 0 aromatic heterocycles. The molecule has 0 heterocycles. The summed E-state index contributed by atoms with van der Waals surface area (Å²) in [7, 11) is 1.45. The van der Waals surface area contributed by atoms with Crippen molar-refractivity contribution in [3.8, 4) is 0 Å². The van der Waals surface area contributed by atoms with E-state index >= 15 is 0 Å². The van der Waals surface area contributed by atoms with Crippen molar-refractivity contribution in [1.29, 1.82) is 0 Å². The number of aliphatic carboxylic acids is 1. The van der Waals surface area contributed by atoms with Crippen LogP contribution < -0.4 is 10.6 Å². The molecular formula is C13H22N2O4. The molecule has 19 heavy (non-hydrogen) atoms. The largest absolute Gasteiger partial charge is 0.481 e. The van der Waals surface area contributed by atoms with E-state index in [4.69, 9.17) is 9.84 Å². The van der Waals surface area contributed by atoms with Gasteiger partial charge in [0.25, 0.3) is 0 Å². The molecule has 0 aromatic rings. The van der Waals surface area contributed by atoms with Crippen LogP contribution in [0.2, 0.25) is 0 Å². The van der Waals surface area contributed by atoms with Gasteiger partial charge in [0, 0.05) is 19.7 Å². The van der Waals surface area contributed by atoms with Crippen molar-refractivity contribution >= 4 is 12.0 Å². The van der Waals surface area contributed by atoms with Crippen LogP contribution in [0.4, 0.5) is 4.79 Å². The number of hydrogen-bond donors (Lipinski definition) is 3. The first-order valence-electron chi connectivity index (χ1n) is 6.89. The van der Waals surface area contributed by atoms with Gasteiger partial charge in [-0.3, -0.25) is 4.79 Å². The molecule has 2 aliphatic rings. The second kappa shape index (κ2) is 6.23. The van der Waals surface area contributed by atoms with Gasteiger partial charge in [0.15, 0.2) is 0 Å². The molecule has 3 N–H and O–H groups in total. The lowest BCUT2D eigenvalue weighted by Gasteiger charge is -2.19. The van der Waals surface area contributed by atoms with Crippen molar-refractivity contribution in [2.45, 2.75) is 44.2 Å². The molecule has 2 saturated carbocycles. The molecular weight excluding hydrogens is 248 g/mol. The van der Waals surface area contributed by atoms with Gasteiger partial charge in [-0.1, -0.05) is 0 Å². The molecule has 2 amide bonds. The van der Waals surface area contributed by atoms with E-state index in [-0.39, 0.29) is 19.0 Å². The van der Waals surface area contributed by atoms with Gasteiger partial charge in [0.05, 0.1) is 12.5 Å². The Morgan fingerprint density at radius 2 is 1.84 bits per heavy atom. The fourth-order valence-corrected chi connectivity index (χ4v) is 2.37. The number of hydrogen-bond acceptors (Lipinski definition) is 3. The Bertz CT molecular complexity index is 328. The summed E-state index contributed by atoms with van der Waals surface area (Å²) in [6, 6.07) is 0.0942. The number of carboxylic acid groups (broad SMARTS) is 1. The molecule has 0 saturated heterocycles. The number of ether oxygens (including phenoxy) is 1. The van der Waals surface area contributed by atoms with Crippen LogP contribution in [0.5, 0.6) is 0 Å². The van der Waals surface area contributed by atoms with Crippen LogP contribution in [0.25, 0.3) is 0 Å². The van der Waals surface area contributed by atoms with Crippen molar-refractivity contribution in [2.75, 3.05) is 13.7 Å². The third kappa shape index (κ3) is 4.70. The van der Waals surface area contributed by atoms with E-state index in [9.17, 15) is 9.59 Å². The number of rotatable bonds is 8. The zero-order valence-corrected chi connectivity index (χ0v) is 11.2. The maximum absolute atomic E-state index is 11.8. The highest BCUT2D eigenvalue weighted by Gasteiger charge is 2.42. The second-order valence-corrected chi connectivity index (χ2v) is 5.51. The topological polar surface area (TPSA) is 87.7 Å². The van der Waals surface area contributed by atoms with Crippen LogP contribution in [-0.4, -0.2) is 42.9 Å². The molecule has 0 spiro atoms. The molecule has 1 atom stereocenters. The average molecular weight is 270 g/mol. The number of carboxylic acids is 1. The van der Waals surface area contributed by atoms with Crippen molar-refractivity contribution in [3.63, 3.8) is 0 Å². The third-order valence-corrected chi connectivity index (χ3v) is 3.78. The van der Waals surface area contributed by atoms with Gasteiger partial charge < -0.3 is 20.5 Å². The number of carbonyl (C=O) groups is 2. The molecule has 108 valence electrons. The lowest BCUT2D eigenvalue weighted by Crippen LogP contribution is -2.46. The average Bonchev–Trinajstić information content (AvgIpc) is 3.23.